The molecule has 0 saturated carbocycles. The number of hydrogen-bond donors (Lipinski definition) is 2. The van der Waals surface area contributed by atoms with Gasteiger partial charge in [0.1, 0.15) is 0 Å². The van der Waals surface area contributed by atoms with E-state index in [4.69, 9.17) is 5.73 Å². The Hall–Kier alpha value is -3.22. The van der Waals surface area contributed by atoms with Gasteiger partial charge >= 0.3 is 0 Å². The lowest BCUT2D eigenvalue weighted by Gasteiger charge is -2.01. The second-order valence-corrected chi connectivity index (χ2v) is 4.56. The molecule has 2 rings (SSSR count). The highest BCUT2D eigenvalue weighted by molar-refractivity contribution is 5.83. The number of nitrogen functional groups attached to an aromatic ring is 1. The van der Waals surface area contributed by atoms with Crippen molar-refractivity contribution in [3.8, 4) is 0 Å². The van der Waals surface area contributed by atoms with Crippen LogP contribution in [-0.4, -0.2) is 17.0 Å². The fraction of sp³-hybridized carbons (Fsp3) is 0.0667. The Morgan fingerprint density at radius 1 is 1.18 bits per heavy atom. The van der Waals surface area contributed by atoms with Gasteiger partial charge in [0.2, 0.25) is 5.91 Å². The first-order chi connectivity index (χ1) is 10.5. The third-order valence-corrected chi connectivity index (χ3v) is 2.85. The maximum absolute atomic E-state index is 11.7. The molecule has 7 heteroatoms. The molecule has 0 aromatic heterocycles. The van der Waals surface area contributed by atoms with Crippen LogP contribution >= 0.6 is 0 Å². The summed E-state index contributed by atoms with van der Waals surface area (Å²) < 4.78 is 0. The molecule has 7 nitrogen and oxygen atoms in total. The molecule has 0 bridgehead atoms. The van der Waals surface area contributed by atoms with Gasteiger partial charge in [0.25, 0.3) is 5.69 Å². The van der Waals surface area contributed by atoms with Gasteiger partial charge in [-0.3, -0.25) is 14.9 Å². The van der Waals surface area contributed by atoms with Gasteiger partial charge < -0.3 is 5.73 Å². The van der Waals surface area contributed by atoms with Gasteiger partial charge in [-0.2, -0.15) is 5.10 Å². The van der Waals surface area contributed by atoms with Crippen molar-refractivity contribution in [1.29, 1.82) is 0 Å². The number of benzene rings is 2. The van der Waals surface area contributed by atoms with E-state index in [2.05, 4.69) is 10.5 Å². The highest BCUT2D eigenvalue weighted by Gasteiger charge is 2.03. The van der Waals surface area contributed by atoms with Gasteiger partial charge in [-0.1, -0.05) is 12.1 Å². The number of nitro groups is 1. The SMILES string of the molecule is Nc1ccc(CC(=O)N/N=C\c2ccc([N+](=O)[O-])cc2)cc1. The van der Waals surface area contributed by atoms with Crippen LogP contribution in [0.25, 0.3) is 0 Å². The normalized spacial score (nSPS) is 10.5. The summed E-state index contributed by atoms with van der Waals surface area (Å²) in [5.41, 5.74) is 10.1. The number of hydrazone groups is 1. The lowest BCUT2D eigenvalue weighted by atomic mass is 10.1. The second kappa shape index (κ2) is 6.98. The number of carbonyl (C=O) groups is 1. The van der Waals surface area contributed by atoms with Gasteiger partial charge in [0.05, 0.1) is 17.6 Å². The monoisotopic (exact) mass is 298 g/mol. The molecule has 0 radical (unpaired) electrons. The van der Waals surface area contributed by atoms with Crippen LogP contribution in [0.4, 0.5) is 11.4 Å². The number of amides is 1. The largest absolute Gasteiger partial charge is 0.399 e. The third kappa shape index (κ3) is 4.41. The van der Waals surface area contributed by atoms with E-state index in [0.29, 0.717) is 11.3 Å². The summed E-state index contributed by atoms with van der Waals surface area (Å²) in [5, 5.41) is 14.3. The van der Waals surface area contributed by atoms with Crippen molar-refractivity contribution in [2.24, 2.45) is 5.10 Å². The summed E-state index contributed by atoms with van der Waals surface area (Å²) in [4.78, 5) is 21.7. The zero-order valence-corrected chi connectivity index (χ0v) is 11.6. The summed E-state index contributed by atoms with van der Waals surface area (Å²) in [6.07, 6.45) is 1.61. The number of nitrogens with zero attached hydrogens (tertiary/aromatic N) is 2. The van der Waals surface area contributed by atoms with Crippen LogP contribution in [-0.2, 0) is 11.2 Å². The number of non-ortho nitro benzene ring substituents is 1. The van der Waals surface area contributed by atoms with Crippen molar-refractivity contribution in [2.75, 3.05) is 5.73 Å². The first kappa shape index (κ1) is 15.2. The van der Waals surface area contributed by atoms with E-state index in [1.165, 1.54) is 18.3 Å². The first-order valence-electron chi connectivity index (χ1n) is 6.45. The molecule has 1 amide bonds. The third-order valence-electron chi connectivity index (χ3n) is 2.85. The molecule has 0 aliphatic carbocycles. The zero-order chi connectivity index (χ0) is 15.9. The van der Waals surface area contributed by atoms with Gasteiger partial charge in [0, 0.05) is 17.8 Å². The Morgan fingerprint density at radius 3 is 2.41 bits per heavy atom. The first-order valence-corrected chi connectivity index (χ1v) is 6.45. The Balaban J connectivity index is 1.87. The van der Waals surface area contributed by atoms with Crippen molar-refractivity contribution >= 4 is 23.5 Å². The molecule has 0 fully saturated rings. The molecule has 0 heterocycles. The van der Waals surface area contributed by atoms with E-state index in [-0.39, 0.29) is 18.0 Å². The van der Waals surface area contributed by atoms with E-state index in [0.717, 1.165) is 5.56 Å². The number of nitro benzene ring substituents is 1. The van der Waals surface area contributed by atoms with Crippen LogP contribution in [0.2, 0.25) is 0 Å². The van der Waals surface area contributed by atoms with Gasteiger partial charge in [-0.25, -0.2) is 5.43 Å². The molecule has 3 N–H and O–H groups in total. The molecule has 0 saturated heterocycles. The maximum Gasteiger partial charge on any atom is 0.269 e. The van der Waals surface area contributed by atoms with E-state index in [1.54, 1.807) is 36.4 Å². The molecular weight excluding hydrogens is 284 g/mol. The number of hydrogen-bond acceptors (Lipinski definition) is 5. The summed E-state index contributed by atoms with van der Waals surface area (Å²) >= 11 is 0. The Bertz CT molecular complexity index is 694. The minimum Gasteiger partial charge on any atom is -0.399 e. The summed E-state index contributed by atoms with van der Waals surface area (Å²) in [6.45, 7) is 0. The van der Waals surface area contributed by atoms with Crippen LogP contribution in [0, 0.1) is 10.1 Å². The van der Waals surface area contributed by atoms with E-state index in [9.17, 15) is 14.9 Å². The number of anilines is 1. The topological polar surface area (TPSA) is 111 Å². The molecule has 2 aromatic rings. The summed E-state index contributed by atoms with van der Waals surface area (Å²) in [7, 11) is 0. The highest BCUT2D eigenvalue weighted by Crippen LogP contribution is 2.10. The second-order valence-electron chi connectivity index (χ2n) is 4.56. The van der Waals surface area contributed by atoms with Gasteiger partial charge in [-0.05, 0) is 35.4 Å². The lowest BCUT2D eigenvalue weighted by molar-refractivity contribution is -0.384. The number of nitrogens with two attached hydrogens (primary N) is 1. The Labute approximate surface area is 126 Å². The maximum atomic E-state index is 11.7. The Kier molecular flexibility index (Phi) is 4.81. The highest BCUT2D eigenvalue weighted by atomic mass is 16.6. The number of rotatable bonds is 5. The van der Waals surface area contributed by atoms with Crippen molar-refractivity contribution in [1.82, 2.24) is 5.43 Å². The number of nitrogens with one attached hydrogen (secondary N) is 1. The molecule has 112 valence electrons. The molecule has 0 atom stereocenters. The molecule has 0 aliphatic heterocycles. The number of carbonyl (C=O) groups excluding carboxylic acids is 1. The quantitative estimate of drug-likeness (QED) is 0.380. The van der Waals surface area contributed by atoms with E-state index in [1.807, 2.05) is 0 Å². The zero-order valence-electron chi connectivity index (χ0n) is 11.6. The van der Waals surface area contributed by atoms with Crippen LogP contribution in [0.3, 0.4) is 0 Å². The van der Waals surface area contributed by atoms with Crippen LogP contribution < -0.4 is 11.2 Å². The molecule has 22 heavy (non-hydrogen) atoms. The van der Waals surface area contributed by atoms with Crippen molar-refractivity contribution in [3.63, 3.8) is 0 Å². The minimum absolute atomic E-state index is 0.00420. The lowest BCUT2D eigenvalue weighted by Crippen LogP contribution is -2.19. The van der Waals surface area contributed by atoms with E-state index >= 15 is 0 Å². The Morgan fingerprint density at radius 2 is 1.82 bits per heavy atom. The van der Waals surface area contributed by atoms with Crippen LogP contribution in [0.15, 0.2) is 53.6 Å². The van der Waals surface area contributed by atoms with Gasteiger partial charge in [-0.15, -0.1) is 0 Å². The average molecular weight is 298 g/mol. The van der Waals surface area contributed by atoms with Crippen molar-refractivity contribution < 1.29 is 9.72 Å². The smallest absolute Gasteiger partial charge is 0.269 e. The van der Waals surface area contributed by atoms with Crippen molar-refractivity contribution in [2.45, 2.75) is 6.42 Å². The molecule has 0 aliphatic rings. The molecule has 0 unspecified atom stereocenters. The fourth-order valence-corrected chi connectivity index (χ4v) is 1.72. The summed E-state index contributed by atoms with van der Waals surface area (Å²) in [5.74, 6) is -0.261. The molecule has 0 spiro atoms. The van der Waals surface area contributed by atoms with Gasteiger partial charge in [0.15, 0.2) is 0 Å². The average Bonchev–Trinajstić information content (AvgIpc) is 2.50. The molecular formula is C15H14N4O3. The standard InChI is InChI=1S/C15H14N4O3/c16-13-5-1-11(2-6-13)9-15(20)18-17-10-12-3-7-14(8-4-12)19(21)22/h1-8,10H,9,16H2,(H,18,20)/b17-10-. The van der Waals surface area contributed by atoms with Crippen molar-refractivity contribution in [3.05, 3.63) is 69.8 Å². The predicted molar refractivity (Wildman–Crippen MR) is 83.4 cm³/mol. The molecule has 2 aromatic carbocycles. The van der Waals surface area contributed by atoms with Crippen LogP contribution in [0.5, 0.6) is 0 Å². The van der Waals surface area contributed by atoms with Crippen LogP contribution in [0.1, 0.15) is 11.1 Å². The minimum atomic E-state index is -0.477. The summed E-state index contributed by atoms with van der Waals surface area (Å²) in [6, 6.07) is 12.8. The van der Waals surface area contributed by atoms with E-state index < -0.39 is 4.92 Å². The fourth-order valence-electron chi connectivity index (χ4n) is 1.72. The predicted octanol–water partition coefficient (Wildman–Crippen LogP) is 1.87.